The molecule has 0 amide bonds. The maximum atomic E-state index is 14.3. The van der Waals surface area contributed by atoms with E-state index in [4.69, 9.17) is 4.74 Å². The number of fused-ring (bicyclic) bond motifs is 1. The minimum absolute atomic E-state index is 0.00529. The number of sulfonamides is 1. The van der Waals surface area contributed by atoms with Crippen LogP contribution in [0.15, 0.2) is 40.1 Å². The molecule has 0 bridgehead atoms. The van der Waals surface area contributed by atoms with Crippen LogP contribution in [0.4, 0.5) is 14.5 Å². The first-order valence-corrected chi connectivity index (χ1v) is 12.9. The van der Waals surface area contributed by atoms with Crippen LogP contribution in [0.25, 0.3) is 0 Å². The van der Waals surface area contributed by atoms with Crippen molar-refractivity contribution >= 4 is 39.2 Å². The molecule has 0 radical (unpaired) electrons. The van der Waals surface area contributed by atoms with Gasteiger partial charge in [-0.25, -0.2) is 21.5 Å². The van der Waals surface area contributed by atoms with Gasteiger partial charge in [0, 0.05) is 34.3 Å². The van der Waals surface area contributed by atoms with Crippen molar-refractivity contribution in [2.45, 2.75) is 35.5 Å². The van der Waals surface area contributed by atoms with Gasteiger partial charge in [0.05, 0.1) is 18.6 Å². The van der Waals surface area contributed by atoms with Gasteiger partial charge in [0.2, 0.25) is 10.0 Å². The lowest BCUT2D eigenvalue weighted by Gasteiger charge is -2.25. The summed E-state index contributed by atoms with van der Waals surface area (Å²) in [4.78, 5) is 38.7. The molecule has 0 fully saturated rings. The molecule has 35 heavy (non-hydrogen) atoms. The monoisotopic (exact) mass is 530 g/mol. The number of esters is 1. The first-order valence-electron chi connectivity index (χ1n) is 10.2. The topological polar surface area (TPSA) is 133 Å². The highest BCUT2D eigenvalue weighted by molar-refractivity contribution is 7.99. The summed E-state index contributed by atoms with van der Waals surface area (Å²) in [5, 5.41) is 9.15. The quantitative estimate of drug-likeness (QED) is 0.141. The van der Waals surface area contributed by atoms with Crippen LogP contribution in [0, 0.1) is 21.7 Å². The Kier molecular flexibility index (Phi) is 8.27. The molecule has 0 heterocycles. The zero-order valence-corrected chi connectivity index (χ0v) is 20.0. The standard InChI is InChI=1S/C21H20F2N2O8S2/c1-35(30,31)24(12-32-21(27)3-2-8-33-25(28)29)17-9-13-4-6-18(26)15(13)11-20(17)34-19-7-5-14(22)10-16(19)23/h5,7,9-11H,2-4,6,8,12H2,1H3. The van der Waals surface area contributed by atoms with E-state index in [-0.39, 0.29) is 47.1 Å². The summed E-state index contributed by atoms with van der Waals surface area (Å²) < 4.78 is 58.7. The second kappa shape index (κ2) is 11.0. The van der Waals surface area contributed by atoms with E-state index in [0.29, 0.717) is 23.6 Å². The van der Waals surface area contributed by atoms with Crippen molar-refractivity contribution in [2.75, 3.05) is 23.9 Å². The molecule has 0 spiro atoms. The molecule has 10 nitrogen and oxygen atoms in total. The van der Waals surface area contributed by atoms with Crippen molar-refractivity contribution in [3.8, 4) is 0 Å². The van der Waals surface area contributed by atoms with E-state index in [1.807, 2.05) is 0 Å². The number of rotatable bonds is 11. The molecule has 0 saturated heterocycles. The third-order valence-electron chi connectivity index (χ3n) is 4.95. The molecule has 0 N–H and O–H groups in total. The van der Waals surface area contributed by atoms with Gasteiger partial charge in [0.15, 0.2) is 12.5 Å². The Morgan fingerprint density at radius 2 is 1.94 bits per heavy atom. The molecular weight excluding hydrogens is 510 g/mol. The number of hydrogen-bond acceptors (Lipinski definition) is 9. The van der Waals surface area contributed by atoms with E-state index in [0.717, 1.165) is 28.4 Å². The maximum absolute atomic E-state index is 14.3. The van der Waals surface area contributed by atoms with E-state index < -0.39 is 39.4 Å². The molecule has 0 aliphatic heterocycles. The number of nitrogens with zero attached hydrogens (tertiary/aromatic N) is 2. The van der Waals surface area contributed by atoms with Crippen molar-refractivity contribution in [3.05, 3.63) is 63.2 Å². The highest BCUT2D eigenvalue weighted by Gasteiger charge is 2.28. The predicted molar refractivity (Wildman–Crippen MR) is 120 cm³/mol. The van der Waals surface area contributed by atoms with Gasteiger partial charge in [-0.2, -0.15) is 0 Å². The number of carbonyl (C=O) groups excluding carboxylic acids is 2. The van der Waals surface area contributed by atoms with Crippen LogP contribution in [0.1, 0.15) is 35.2 Å². The first kappa shape index (κ1) is 26.3. The van der Waals surface area contributed by atoms with Gasteiger partial charge in [-0.1, -0.05) is 11.8 Å². The number of carbonyl (C=O) groups is 2. The van der Waals surface area contributed by atoms with E-state index in [1.165, 1.54) is 18.2 Å². The Morgan fingerprint density at radius 1 is 1.20 bits per heavy atom. The lowest BCUT2D eigenvalue weighted by Crippen LogP contribution is -2.34. The predicted octanol–water partition coefficient (Wildman–Crippen LogP) is 3.50. The number of ketones is 1. The Morgan fingerprint density at radius 3 is 2.60 bits per heavy atom. The Balaban J connectivity index is 1.90. The second-order valence-corrected chi connectivity index (χ2v) is 10.5. The van der Waals surface area contributed by atoms with Crippen molar-refractivity contribution in [2.24, 2.45) is 0 Å². The van der Waals surface area contributed by atoms with Gasteiger partial charge in [0.25, 0.3) is 5.09 Å². The minimum Gasteiger partial charge on any atom is -0.443 e. The van der Waals surface area contributed by atoms with E-state index in [2.05, 4.69) is 4.84 Å². The fourth-order valence-corrected chi connectivity index (χ4v) is 5.11. The molecule has 0 saturated carbocycles. The number of aryl methyl sites for hydroxylation is 1. The van der Waals surface area contributed by atoms with Gasteiger partial charge in [-0.15, -0.1) is 10.1 Å². The fourth-order valence-electron chi connectivity index (χ4n) is 3.32. The van der Waals surface area contributed by atoms with Crippen LogP contribution >= 0.6 is 11.8 Å². The fraction of sp³-hybridized carbons (Fsp3) is 0.333. The molecule has 2 aromatic rings. The molecule has 1 aliphatic carbocycles. The summed E-state index contributed by atoms with van der Waals surface area (Å²) in [6.07, 6.45) is 1.22. The third kappa shape index (κ3) is 6.88. The smallest absolute Gasteiger partial charge is 0.307 e. The second-order valence-electron chi connectivity index (χ2n) is 7.49. The zero-order chi connectivity index (χ0) is 25.8. The number of ether oxygens (including phenoxy) is 1. The van der Waals surface area contributed by atoms with Crippen molar-refractivity contribution < 1.29 is 41.4 Å². The van der Waals surface area contributed by atoms with Crippen molar-refractivity contribution in [1.82, 2.24) is 0 Å². The zero-order valence-electron chi connectivity index (χ0n) is 18.4. The van der Waals surface area contributed by atoms with Crippen LogP contribution in [0.5, 0.6) is 0 Å². The van der Waals surface area contributed by atoms with Crippen LogP contribution in [-0.4, -0.2) is 44.9 Å². The average molecular weight is 531 g/mol. The summed E-state index contributed by atoms with van der Waals surface area (Å²) in [5.41, 5.74) is 1.01. The van der Waals surface area contributed by atoms with E-state index in [1.54, 1.807) is 0 Å². The van der Waals surface area contributed by atoms with Gasteiger partial charge >= 0.3 is 5.97 Å². The summed E-state index contributed by atoms with van der Waals surface area (Å²) >= 11 is 0.795. The van der Waals surface area contributed by atoms with E-state index >= 15 is 0 Å². The molecule has 188 valence electrons. The third-order valence-corrected chi connectivity index (χ3v) is 7.15. The molecule has 2 aromatic carbocycles. The number of anilines is 1. The Hall–Kier alpha value is -3.26. The van der Waals surface area contributed by atoms with E-state index in [9.17, 15) is 36.9 Å². The van der Waals surface area contributed by atoms with Crippen LogP contribution in [0.3, 0.4) is 0 Å². The number of halogens is 2. The summed E-state index contributed by atoms with van der Waals surface area (Å²) in [6, 6.07) is 5.83. The number of hydrogen-bond donors (Lipinski definition) is 0. The highest BCUT2D eigenvalue weighted by Crippen LogP contribution is 2.41. The van der Waals surface area contributed by atoms with Crippen LogP contribution < -0.4 is 4.31 Å². The molecule has 0 unspecified atom stereocenters. The minimum atomic E-state index is -4.02. The van der Waals surface area contributed by atoms with Gasteiger partial charge in [-0.3, -0.25) is 9.59 Å². The summed E-state index contributed by atoms with van der Waals surface area (Å²) in [5.74, 6) is -2.63. The number of Topliss-reactive ketones (excluding diaryl/α,β-unsaturated/α-hetero) is 1. The Labute approximate surface area is 203 Å². The van der Waals surface area contributed by atoms with Crippen LogP contribution in [0.2, 0.25) is 0 Å². The first-order chi connectivity index (χ1) is 16.5. The van der Waals surface area contributed by atoms with Crippen molar-refractivity contribution in [3.63, 3.8) is 0 Å². The molecule has 3 rings (SSSR count). The van der Waals surface area contributed by atoms with Gasteiger partial charge in [0.1, 0.15) is 11.6 Å². The maximum Gasteiger partial charge on any atom is 0.307 e. The Bertz CT molecular complexity index is 1270. The average Bonchev–Trinajstić information content (AvgIpc) is 3.12. The van der Waals surface area contributed by atoms with Gasteiger partial charge in [-0.05, 0) is 42.7 Å². The van der Waals surface area contributed by atoms with Crippen LogP contribution in [-0.2, 0) is 30.8 Å². The number of benzene rings is 2. The lowest BCUT2D eigenvalue weighted by molar-refractivity contribution is -0.757. The SMILES string of the molecule is CS(=O)(=O)N(COC(=O)CCCO[N+](=O)[O-])c1cc2c(cc1Sc1ccc(F)cc1F)C(=O)CC2. The lowest BCUT2D eigenvalue weighted by atomic mass is 10.1. The molecule has 1 aliphatic rings. The molecule has 14 heteroatoms. The summed E-state index contributed by atoms with van der Waals surface area (Å²) in [7, 11) is -4.02. The normalized spacial score (nSPS) is 12.8. The van der Waals surface area contributed by atoms with Gasteiger partial charge < -0.3 is 9.57 Å². The highest BCUT2D eigenvalue weighted by atomic mass is 32.2. The molecule has 0 aromatic heterocycles. The molecule has 0 atom stereocenters. The summed E-state index contributed by atoms with van der Waals surface area (Å²) in [6.45, 7) is -1.05. The molecular formula is C21H20F2N2O8S2. The van der Waals surface area contributed by atoms with Crippen molar-refractivity contribution in [1.29, 1.82) is 0 Å². The largest absolute Gasteiger partial charge is 0.443 e.